The van der Waals surface area contributed by atoms with E-state index in [0.29, 0.717) is 30.5 Å². The molecule has 2 rings (SSSR count). The Balaban J connectivity index is 2.10. The van der Waals surface area contributed by atoms with Gasteiger partial charge in [-0.3, -0.25) is 0 Å². The molecule has 0 amide bonds. The maximum Gasteiger partial charge on any atom is 0.324 e. The topological polar surface area (TPSA) is 69.2 Å². The summed E-state index contributed by atoms with van der Waals surface area (Å²) in [5.74, 6) is 1.07. The summed E-state index contributed by atoms with van der Waals surface area (Å²) in [6, 6.07) is 0.695. The van der Waals surface area contributed by atoms with Crippen molar-refractivity contribution in [3.63, 3.8) is 0 Å². The smallest absolute Gasteiger partial charge is 0.324 e. The molecule has 1 aliphatic rings. The Bertz CT molecular complexity index is 442. The Morgan fingerprint density at radius 3 is 2.57 bits per heavy atom. The van der Waals surface area contributed by atoms with Gasteiger partial charge in [-0.25, -0.2) is 0 Å². The van der Waals surface area contributed by atoms with Gasteiger partial charge in [-0.05, 0) is 38.0 Å². The van der Waals surface area contributed by atoms with E-state index in [1.807, 2.05) is 6.92 Å². The Labute approximate surface area is 126 Å². The van der Waals surface area contributed by atoms with E-state index in [4.69, 9.17) is 9.47 Å². The fourth-order valence-electron chi connectivity index (χ4n) is 2.69. The summed E-state index contributed by atoms with van der Waals surface area (Å²) < 4.78 is 11.5. The first kappa shape index (κ1) is 15.8. The molecule has 1 fully saturated rings. The van der Waals surface area contributed by atoms with Crippen LogP contribution in [0.25, 0.3) is 0 Å². The van der Waals surface area contributed by atoms with Gasteiger partial charge in [0, 0.05) is 7.05 Å². The minimum atomic E-state index is 0.204. The quantitative estimate of drug-likeness (QED) is 0.833. The lowest BCUT2D eigenvalue weighted by Crippen LogP contribution is -2.30. The van der Waals surface area contributed by atoms with Gasteiger partial charge in [0.2, 0.25) is 5.95 Å². The number of anilines is 1. The summed E-state index contributed by atoms with van der Waals surface area (Å²) in [6.45, 7) is 4.85. The molecule has 21 heavy (non-hydrogen) atoms. The lowest BCUT2D eigenvalue weighted by atomic mass is 9.85. The van der Waals surface area contributed by atoms with Crippen LogP contribution in [-0.4, -0.2) is 34.7 Å². The summed E-state index contributed by atoms with van der Waals surface area (Å²) in [7, 11) is 1.78. The highest BCUT2D eigenvalue weighted by atomic mass is 16.5. The molecule has 0 bridgehead atoms. The van der Waals surface area contributed by atoms with E-state index in [1.54, 1.807) is 7.05 Å². The minimum Gasteiger partial charge on any atom is -0.463 e. The van der Waals surface area contributed by atoms with E-state index < -0.39 is 0 Å². The molecule has 0 radical (unpaired) electrons. The van der Waals surface area contributed by atoms with Crippen LogP contribution in [0.1, 0.15) is 52.4 Å². The molecule has 0 saturated heterocycles. The van der Waals surface area contributed by atoms with Crippen LogP contribution < -0.4 is 14.8 Å². The summed E-state index contributed by atoms with van der Waals surface area (Å²) in [5, 5.41) is 2.92. The van der Waals surface area contributed by atoms with Crippen molar-refractivity contribution in [2.75, 3.05) is 19.0 Å². The first-order valence-corrected chi connectivity index (χ1v) is 8.00. The Morgan fingerprint density at radius 2 is 1.86 bits per heavy atom. The average Bonchev–Trinajstić information content (AvgIpc) is 2.53. The van der Waals surface area contributed by atoms with E-state index >= 15 is 0 Å². The van der Waals surface area contributed by atoms with Gasteiger partial charge in [-0.2, -0.15) is 9.97 Å². The van der Waals surface area contributed by atoms with Crippen LogP contribution in [0.2, 0.25) is 0 Å². The summed E-state index contributed by atoms with van der Waals surface area (Å²) in [5.41, 5.74) is 0. The average molecular weight is 294 g/mol. The highest BCUT2D eigenvalue weighted by Gasteiger charge is 2.26. The predicted octanol–water partition coefficient (Wildman–Crippen LogP) is 3.05. The van der Waals surface area contributed by atoms with Gasteiger partial charge in [0.05, 0.1) is 6.61 Å². The third kappa shape index (κ3) is 4.44. The molecule has 6 nitrogen and oxygen atoms in total. The zero-order valence-electron chi connectivity index (χ0n) is 13.3. The molecule has 1 aromatic rings. The van der Waals surface area contributed by atoms with Crippen molar-refractivity contribution < 1.29 is 9.47 Å². The lowest BCUT2D eigenvalue weighted by Gasteiger charge is -2.30. The number of hydrogen-bond donors (Lipinski definition) is 1. The molecule has 1 saturated carbocycles. The number of hydrogen-bond acceptors (Lipinski definition) is 6. The molecule has 6 heteroatoms. The zero-order valence-corrected chi connectivity index (χ0v) is 13.3. The largest absolute Gasteiger partial charge is 0.463 e. The molecule has 0 aromatic carbocycles. The SMILES string of the molecule is CCCOc1nc(NC)nc(OC2CCCCC2CC)n1. The van der Waals surface area contributed by atoms with Crippen LogP contribution in [0.15, 0.2) is 0 Å². The molecule has 1 aliphatic carbocycles. The highest BCUT2D eigenvalue weighted by Crippen LogP contribution is 2.30. The maximum absolute atomic E-state index is 6.04. The minimum absolute atomic E-state index is 0.204. The molecule has 1 heterocycles. The first-order chi connectivity index (χ1) is 10.3. The van der Waals surface area contributed by atoms with Crippen molar-refractivity contribution in [3.8, 4) is 12.0 Å². The molecule has 0 spiro atoms. The number of nitrogens with zero attached hydrogens (tertiary/aromatic N) is 3. The normalized spacial score (nSPS) is 21.9. The molecular formula is C15H26N4O2. The molecule has 2 unspecified atom stereocenters. The van der Waals surface area contributed by atoms with E-state index in [9.17, 15) is 0 Å². The van der Waals surface area contributed by atoms with E-state index in [2.05, 4.69) is 27.2 Å². The van der Waals surface area contributed by atoms with Gasteiger partial charge in [0.1, 0.15) is 6.10 Å². The second kappa shape index (κ2) is 8.00. The monoisotopic (exact) mass is 294 g/mol. The van der Waals surface area contributed by atoms with Crippen LogP contribution in [-0.2, 0) is 0 Å². The molecule has 1 aromatic heterocycles. The molecular weight excluding hydrogens is 268 g/mol. The van der Waals surface area contributed by atoms with Crippen molar-refractivity contribution in [2.24, 2.45) is 5.92 Å². The van der Waals surface area contributed by atoms with Crippen molar-refractivity contribution in [3.05, 3.63) is 0 Å². The van der Waals surface area contributed by atoms with Gasteiger partial charge in [0.25, 0.3) is 0 Å². The third-order valence-electron chi connectivity index (χ3n) is 3.87. The standard InChI is InChI=1S/C15H26N4O2/c1-4-10-20-14-17-13(16-3)18-15(19-14)21-12-9-7-6-8-11(12)5-2/h11-12H,4-10H2,1-3H3,(H,16,17,18,19). The highest BCUT2D eigenvalue weighted by molar-refractivity contribution is 5.26. The molecule has 1 N–H and O–H groups in total. The van der Waals surface area contributed by atoms with Gasteiger partial charge < -0.3 is 14.8 Å². The van der Waals surface area contributed by atoms with E-state index in [0.717, 1.165) is 19.3 Å². The van der Waals surface area contributed by atoms with Gasteiger partial charge >= 0.3 is 12.0 Å². The maximum atomic E-state index is 6.04. The van der Waals surface area contributed by atoms with Crippen LogP contribution in [0.5, 0.6) is 12.0 Å². The number of ether oxygens (including phenoxy) is 2. The fraction of sp³-hybridized carbons (Fsp3) is 0.800. The van der Waals surface area contributed by atoms with Crippen molar-refractivity contribution in [2.45, 2.75) is 58.5 Å². The van der Waals surface area contributed by atoms with Crippen LogP contribution in [0.4, 0.5) is 5.95 Å². The van der Waals surface area contributed by atoms with Gasteiger partial charge in [-0.1, -0.05) is 20.3 Å². The summed E-state index contributed by atoms with van der Waals surface area (Å²) in [4.78, 5) is 12.7. The van der Waals surface area contributed by atoms with Crippen LogP contribution in [0.3, 0.4) is 0 Å². The second-order valence-electron chi connectivity index (χ2n) is 5.43. The van der Waals surface area contributed by atoms with Crippen molar-refractivity contribution >= 4 is 5.95 Å². The van der Waals surface area contributed by atoms with Gasteiger partial charge in [-0.15, -0.1) is 4.98 Å². The lowest BCUT2D eigenvalue weighted by molar-refractivity contribution is 0.0796. The Hall–Kier alpha value is -1.59. The predicted molar refractivity (Wildman–Crippen MR) is 81.8 cm³/mol. The Kier molecular flexibility index (Phi) is 6.02. The van der Waals surface area contributed by atoms with Gasteiger partial charge in [0.15, 0.2) is 0 Å². The van der Waals surface area contributed by atoms with E-state index in [-0.39, 0.29) is 6.10 Å². The summed E-state index contributed by atoms with van der Waals surface area (Å²) in [6.07, 6.45) is 7.06. The fourth-order valence-corrected chi connectivity index (χ4v) is 2.69. The second-order valence-corrected chi connectivity index (χ2v) is 5.43. The summed E-state index contributed by atoms with van der Waals surface area (Å²) >= 11 is 0. The van der Waals surface area contributed by atoms with Crippen LogP contribution in [0, 0.1) is 5.92 Å². The third-order valence-corrected chi connectivity index (χ3v) is 3.87. The zero-order chi connectivity index (χ0) is 15.1. The molecule has 2 atom stereocenters. The molecule has 0 aliphatic heterocycles. The van der Waals surface area contributed by atoms with Crippen LogP contribution >= 0.6 is 0 Å². The molecule has 118 valence electrons. The van der Waals surface area contributed by atoms with Crippen molar-refractivity contribution in [1.29, 1.82) is 0 Å². The number of aromatic nitrogens is 3. The number of rotatable bonds is 7. The van der Waals surface area contributed by atoms with Crippen molar-refractivity contribution in [1.82, 2.24) is 15.0 Å². The van der Waals surface area contributed by atoms with E-state index in [1.165, 1.54) is 19.3 Å². The Morgan fingerprint density at radius 1 is 1.10 bits per heavy atom. The number of nitrogens with one attached hydrogen (secondary N) is 1. The first-order valence-electron chi connectivity index (χ1n) is 8.00.